The Kier molecular flexibility index (Phi) is 5.07. The Morgan fingerprint density at radius 2 is 1.78 bits per heavy atom. The minimum Gasteiger partial charge on any atom is -0.495 e. The summed E-state index contributed by atoms with van der Waals surface area (Å²) in [5.41, 5.74) is 2.76. The molecule has 1 aromatic heterocycles. The van der Waals surface area contributed by atoms with Crippen molar-refractivity contribution in [2.75, 3.05) is 12.0 Å². The molecule has 4 aromatic rings. The Balaban J connectivity index is 1.80. The Morgan fingerprint density at radius 3 is 2.47 bits per heavy atom. The lowest BCUT2D eigenvalue weighted by atomic mass is 9.98. The van der Waals surface area contributed by atoms with Gasteiger partial charge in [-0.3, -0.25) is 14.5 Å². The molecule has 5 rings (SSSR count). The second-order valence-corrected chi connectivity index (χ2v) is 8.94. The summed E-state index contributed by atoms with van der Waals surface area (Å²) in [5.74, 6) is 0.148. The predicted molar refractivity (Wildman–Crippen MR) is 128 cm³/mol. The van der Waals surface area contributed by atoms with Gasteiger partial charge in [0.05, 0.1) is 29.1 Å². The fourth-order valence-corrected chi connectivity index (χ4v) is 4.63. The van der Waals surface area contributed by atoms with Gasteiger partial charge in [-0.05, 0) is 55.0 Å². The molecule has 0 fully saturated rings. The molecule has 5 nitrogen and oxygen atoms in total. The fourth-order valence-electron chi connectivity index (χ4n) is 4.12. The molecule has 0 radical (unpaired) electrons. The monoisotopic (exact) mass is 509 g/mol. The number of amides is 1. The standard InChI is InChI=1S/C25H17BrClNO4/c1-13-3-9-19-17(11-13)23(29)21-22(14-4-6-15(26)7-5-14)28(25(30)24(21)32-19)16-8-10-20(31-2)18(27)12-16/h3-12,22H,1-2H3. The summed E-state index contributed by atoms with van der Waals surface area (Å²) >= 11 is 9.81. The van der Waals surface area contributed by atoms with Gasteiger partial charge in [0.1, 0.15) is 11.3 Å². The molecule has 0 N–H and O–H groups in total. The van der Waals surface area contributed by atoms with Crippen molar-refractivity contribution in [3.63, 3.8) is 0 Å². The normalized spacial score (nSPS) is 15.3. The molecule has 2 heterocycles. The number of hydrogen-bond donors (Lipinski definition) is 0. The third-order valence-corrected chi connectivity index (χ3v) is 6.45. The average molecular weight is 511 g/mol. The van der Waals surface area contributed by atoms with Crippen LogP contribution in [0.25, 0.3) is 11.0 Å². The number of carbonyl (C=O) groups excluding carboxylic acids is 1. The molecule has 1 amide bonds. The van der Waals surface area contributed by atoms with Crippen molar-refractivity contribution >= 4 is 50.1 Å². The summed E-state index contributed by atoms with van der Waals surface area (Å²) in [6.07, 6.45) is 0. The van der Waals surface area contributed by atoms with E-state index < -0.39 is 11.9 Å². The highest BCUT2D eigenvalue weighted by Crippen LogP contribution is 2.43. The van der Waals surface area contributed by atoms with Crippen LogP contribution >= 0.6 is 27.5 Å². The van der Waals surface area contributed by atoms with Gasteiger partial charge in [-0.2, -0.15) is 0 Å². The maximum absolute atomic E-state index is 13.6. The van der Waals surface area contributed by atoms with Gasteiger partial charge < -0.3 is 9.15 Å². The maximum atomic E-state index is 13.6. The van der Waals surface area contributed by atoms with E-state index in [-0.39, 0.29) is 11.2 Å². The first-order valence-electron chi connectivity index (χ1n) is 9.89. The number of rotatable bonds is 3. The molecule has 0 saturated carbocycles. The van der Waals surface area contributed by atoms with E-state index >= 15 is 0 Å². The number of carbonyl (C=O) groups is 1. The van der Waals surface area contributed by atoms with Crippen LogP contribution in [0.3, 0.4) is 0 Å². The third kappa shape index (κ3) is 3.22. The molecule has 0 saturated heterocycles. The fraction of sp³-hybridized carbons (Fsp3) is 0.120. The zero-order chi connectivity index (χ0) is 22.6. The molecule has 1 aliphatic heterocycles. The first-order chi connectivity index (χ1) is 15.4. The summed E-state index contributed by atoms with van der Waals surface area (Å²) in [5, 5.41) is 0.816. The second kappa shape index (κ2) is 7.80. The lowest BCUT2D eigenvalue weighted by Gasteiger charge is -2.25. The van der Waals surface area contributed by atoms with Crippen LogP contribution < -0.4 is 15.1 Å². The van der Waals surface area contributed by atoms with Crippen LogP contribution in [0.15, 0.2) is 74.3 Å². The largest absolute Gasteiger partial charge is 0.495 e. The van der Waals surface area contributed by atoms with Gasteiger partial charge in [0, 0.05) is 10.2 Å². The first kappa shape index (κ1) is 20.8. The lowest BCUT2D eigenvalue weighted by molar-refractivity contribution is 0.0971. The zero-order valence-electron chi connectivity index (χ0n) is 17.2. The van der Waals surface area contributed by atoms with Gasteiger partial charge in [-0.25, -0.2) is 0 Å². The van der Waals surface area contributed by atoms with E-state index in [0.29, 0.717) is 33.0 Å². The molecule has 3 aromatic carbocycles. The first-order valence-corrected chi connectivity index (χ1v) is 11.1. The number of anilines is 1. The number of methoxy groups -OCH3 is 1. The second-order valence-electron chi connectivity index (χ2n) is 7.62. The van der Waals surface area contributed by atoms with Crippen LogP contribution in [0.2, 0.25) is 5.02 Å². The van der Waals surface area contributed by atoms with Crippen LogP contribution in [0.5, 0.6) is 5.75 Å². The van der Waals surface area contributed by atoms with E-state index in [1.807, 2.05) is 37.3 Å². The zero-order valence-corrected chi connectivity index (χ0v) is 19.5. The van der Waals surface area contributed by atoms with Crippen LogP contribution in [0, 0.1) is 6.92 Å². The smallest absolute Gasteiger partial charge is 0.295 e. The van der Waals surface area contributed by atoms with Crippen LogP contribution in [0.4, 0.5) is 5.69 Å². The van der Waals surface area contributed by atoms with E-state index in [9.17, 15) is 9.59 Å². The molecular weight excluding hydrogens is 494 g/mol. The molecule has 0 spiro atoms. The number of benzene rings is 3. The van der Waals surface area contributed by atoms with E-state index in [4.69, 9.17) is 20.8 Å². The van der Waals surface area contributed by atoms with E-state index in [0.717, 1.165) is 15.6 Å². The van der Waals surface area contributed by atoms with Crippen molar-refractivity contribution < 1.29 is 13.9 Å². The Bertz CT molecular complexity index is 1450. The van der Waals surface area contributed by atoms with Crippen molar-refractivity contribution in [3.8, 4) is 5.75 Å². The van der Waals surface area contributed by atoms with Crippen molar-refractivity contribution in [2.24, 2.45) is 0 Å². The molecule has 1 atom stereocenters. The van der Waals surface area contributed by atoms with Crippen LogP contribution in [0.1, 0.15) is 33.3 Å². The summed E-state index contributed by atoms with van der Waals surface area (Å²) < 4.78 is 12.1. The number of ether oxygens (including phenoxy) is 1. The molecule has 0 aliphatic carbocycles. The minimum absolute atomic E-state index is 0.0474. The van der Waals surface area contributed by atoms with Crippen LogP contribution in [-0.2, 0) is 0 Å². The summed E-state index contributed by atoms with van der Waals surface area (Å²) in [7, 11) is 1.53. The van der Waals surface area contributed by atoms with Gasteiger partial charge in [0.25, 0.3) is 5.91 Å². The van der Waals surface area contributed by atoms with Gasteiger partial charge in [-0.15, -0.1) is 0 Å². The van der Waals surface area contributed by atoms with E-state index in [1.54, 1.807) is 35.2 Å². The number of fused-ring (bicyclic) bond motifs is 2. The van der Waals surface area contributed by atoms with E-state index in [2.05, 4.69) is 15.9 Å². The maximum Gasteiger partial charge on any atom is 0.295 e. The highest BCUT2D eigenvalue weighted by molar-refractivity contribution is 9.10. The molecule has 1 aliphatic rings. The predicted octanol–water partition coefficient (Wildman–Crippen LogP) is 6.28. The van der Waals surface area contributed by atoms with Crippen molar-refractivity contribution in [1.82, 2.24) is 0 Å². The molecular formula is C25H17BrClNO4. The molecule has 1 unspecified atom stereocenters. The topological polar surface area (TPSA) is 59.8 Å². The average Bonchev–Trinajstić information content (AvgIpc) is 3.07. The van der Waals surface area contributed by atoms with Crippen LogP contribution in [-0.4, -0.2) is 13.0 Å². The van der Waals surface area contributed by atoms with Crippen molar-refractivity contribution in [2.45, 2.75) is 13.0 Å². The Hall–Kier alpha value is -3.09. The van der Waals surface area contributed by atoms with E-state index in [1.165, 1.54) is 7.11 Å². The van der Waals surface area contributed by atoms with Gasteiger partial charge in [0.15, 0.2) is 5.43 Å². The Morgan fingerprint density at radius 1 is 1.03 bits per heavy atom. The quantitative estimate of drug-likeness (QED) is 0.326. The molecule has 32 heavy (non-hydrogen) atoms. The molecule has 160 valence electrons. The van der Waals surface area contributed by atoms with Crippen molar-refractivity contribution in [1.29, 1.82) is 0 Å². The number of nitrogens with zero attached hydrogens (tertiary/aromatic N) is 1. The van der Waals surface area contributed by atoms with Gasteiger partial charge in [0.2, 0.25) is 5.76 Å². The number of halogens is 2. The number of aryl methyl sites for hydroxylation is 1. The highest BCUT2D eigenvalue weighted by Gasteiger charge is 2.43. The lowest BCUT2D eigenvalue weighted by Crippen LogP contribution is -2.29. The van der Waals surface area contributed by atoms with Gasteiger partial charge >= 0.3 is 0 Å². The summed E-state index contributed by atoms with van der Waals surface area (Å²) in [6.45, 7) is 1.91. The number of hydrogen-bond acceptors (Lipinski definition) is 4. The SMILES string of the molecule is COc1ccc(N2C(=O)c3oc4ccc(C)cc4c(=O)c3C2c2ccc(Br)cc2)cc1Cl. The molecule has 0 bridgehead atoms. The summed E-state index contributed by atoms with van der Waals surface area (Å²) in [6, 6.07) is 17.3. The van der Waals surface area contributed by atoms with Crippen molar-refractivity contribution in [3.05, 3.63) is 103 Å². The summed E-state index contributed by atoms with van der Waals surface area (Å²) in [4.78, 5) is 28.8. The third-order valence-electron chi connectivity index (χ3n) is 5.62. The minimum atomic E-state index is -0.656. The molecule has 7 heteroatoms. The Labute approximate surface area is 197 Å². The van der Waals surface area contributed by atoms with Gasteiger partial charge in [-0.1, -0.05) is 51.3 Å². The highest BCUT2D eigenvalue weighted by atomic mass is 79.9.